The van der Waals surface area contributed by atoms with Crippen molar-refractivity contribution in [2.45, 2.75) is 83.5 Å². The molecule has 0 unspecified atom stereocenters. The van der Waals surface area contributed by atoms with Crippen LogP contribution in [-0.2, 0) is 28.5 Å². The molecule has 2 aliphatic carbocycles. The average Bonchev–Trinajstić information content (AvgIpc) is 2.85. The van der Waals surface area contributed by atoms with E-state index in [2.05, 4.69) is 10.1 Å². The first-order valence-corrected chi connectivity index (χ1v) is 13.1. The van der Waals surface area contributed by atoms with Gasteiger partial charge in [-0.25, -0.2) is 4.79 Å². The summed E-state index contributed by atoms with van der Waals surface area (Å²) >= 11 is 0. The van der Waals surface area contributed by atoms with Crippen LogP contribution in [0.25, 0.3) is 0 Å². The molecule has 196 valence electrons. The largest absolute Gasteiger partial charge is 0.507 e. The number of unbranched alkanes of at least 4 members (excludes halogenated alkanes) is 2. The van der Waals surface area contributed by atoms with Crippen LogP contribution >= 0.6 is 0 Å². The fraction of sp³-hybridized carbons (Fsp3) is 0.885. The van der Waals surface area contributed by atoms with Crippen molar-refractivity contribution < 1.29 is 33.3 Å². The van der Waals surface area contributed by atoms with Crippen molar-refractivity contribution >= 4 is 18.0 Å². The fourth-order valence-electron chi connectivity index (χ4n) is 5.06. The number of nitrogens with one attached hydrogen (secondary N) is 1. The number of methoxy groups -OCH3 is 2. The summed E-state index contributed by atoms with van der Waals surface area (Å²) in [5.74, 6) is 1.92. The molecule has 0 bridgehead atoms. The SMILES string of the molecule is COCC1CCC(COC(=O)CCCCCNC(=O)CC2CCC(COC(=O)OC)CC2)CC1. The van der Waals surface area contributed by atoms with Crippen molar-refractivity contribution in [2.24, 2.45) is 23.7 Å². The first-order chi connectivity index (χ1) is 16.5. The van der Waals surface area contributed by atoms with Gasteiger partial charge < -0.3 is 24.3 Å². The Morgan fingerprint density at radius 1 is 0.706 bits per heavy atom. The van der Waals surface area contributed by atoms with Crippen LogP contribution in [0.1, 0.15) is 83.5 Å². The molecule has 0 aliphatic heterocycles. The Balaban J connectivity index is 1.41. The van der Waals surface area contributed by atoms with Crippen molar-refractivity contribution in [3.63, 3.8) is 0 Å². The molecule has 2 saturated carbocycles. The highest BCUT2D eigenvalue weighted by atomic mass is 16.7. The summed E-state index contributed by atoms with van der Waals surface area (Å²) in [6.45, 7) is 2.44. The van der Waals surface area contributed by atoms with Gasteiger partial charge in [0.15, 0.2) is 0 Å². The van der Waals surface area contributed by atoms with Crippen molar-refractivity contribution in [3.8, 4) is 0 Å². The molecule has 0 saturated heterocycles. The number of hydrogen-bond donors (Lipinski definition) is 1. The van der Waals surface area contributed by atoms with Gasteiger partial charge in [0.05, 0.1) is 20.3 Å². The maximum atomic E-state index is 12.2. The molecule has 0 aromatic heterocycles. The second-order valence-electron chi connectivity index (χ2n) is 10.0. The molecule has 34 heavy (non-hydrogen) atoms. The van der Waals surface area contributed by atoms with E-state index in [-0.39, 0.29) is 11.9 Å². The zero-order valence-electron chi connectivity index (χ0n) is 21.2. The number of carbonyl (C=O) groups is 3. The Labute approximate surface area is 204 Å². The van der Waals surface area contributed by atoms with Crippen molar-refractivity contribution in [3.05, 3.63) is 0 Å². The van der Waals surface area contributed by atoms with Crippen molar-refractivity contribution in [2.75, 3.05) is 40.6 Å². The molecule has 1 N–H and O–H groups in total. The summed E-state index contributed by atoms with van der Waals surface area (Å²) in [5.41, 5.74) is 0. The third-order valence-electron chi connectivity index (χ3n) is 7.27. The Morgan fingerprint density at radius 3 is 1.85 bits per heavy atom. The normalized spacial score (nSPS) is 24.8. The lowest BCUT2D eigenvalue weighted by atomic mass is 9.81. The molecule has 8 heteroatoms. The van der Waals surface area contributed by atoms with Gasteiger partial charge in [0.2, 0.25) is 5.91 Å². The van der Waals surface area contributed by atoms with Crippen LogP contribution in [0.4, 0.5) is 4.79 Å². The number of ether oxygens (including phenoxy) is 4. The molecule has 1 amide bonds. The Morgan fingerprint density at radius 2 is 1.26 bits per heavy atom. The molecule has 2 aliphatic rings. The number of rotatable bonds is 14. The number of esters is 1. The summed E-state index contributed by atoms with van der Waals surface area (Å²) in [6, 6.07) is 0. The van der Waals surface area contributed by atoms with Crippen LogP contribution in [0.3, 0.4) is 0 Å². The van der Waals surface area contributed by atoms with E-state index in [1.165, 1.54) is 7.11 Å². The van der Waals surface area contributed by atoms with Crippen LogP contribution in [0.5, 0.6) is 0 Å². The summed E-state index contributed by atoms with van der Waals surface area (Å²) in [5, 5.41) is 3.01. The summed E-state index contributed by atoms with van der Waals surface area (Å²) in [4.78, 5) is 35.2. The van der Waals surface area contributed by atoms with E-state index in [1.807, 2.05) is 0 Å². The zero-order valence-corrected chi connectivity index (χ0v) is 21.2. The predicted molar refractivity (Wildman–Crippen MR) is 128 cm³/mol. The molecule has 0 spiro atoms. The fourth-order valence-corrected chi connectivity index (χ4v) is 5.06. The molecule has 0 atom stereocenters. The lowest BCUT2D eigenvalue weighted by Crippen LogP contribution is -2.28. The van der Waals surface area contributed by atoms with E-state index in [0.717, 1.165) is 77.2 Å². The average molecular weight is 484 g/mol. The Kier molecular flexibility index (Phi) is 14.0. The van der Waals surface area contributed by atoms with Gasteiger partial charge in [0, 0.05) is 33.1 Å². The van der Waals surface area contributed by atoms with E-state index >= 15 is 0 Å². The van der Waals surface area contributed by atoms with Gasteiger partial charge in [0.25, 0.3) is 0 Å². The molecule has 0 heterocycles. The molecule has 0 aromatic rings. The van der Waals surface area contributed by atoms with Crippen LogP contribution < -0.4 is 5.32 Å². The highest BCUT2D eigenvalue weighted by Crippen LogP contribution is 2.31. The molecular weight excluding hydrogens is 438 g/mol. The minimum Gasteiger partial charge on any atom is -0.465 e. The van der Waals surface area contributed by atoms with Gasteiger partial charge in [-0.05, 0) is 87.9 Å². The topological polar surface area (TPSA) is 100 Å². The number of hydrogen-bond acceptors (Lipinski definition) is 7. The van der Waals surface area contributed by atoms with Crippen molar-refractivity contribution in [1.29, 1.82) is 0 Å². The van der Waals surface area contributed by atoms with Gasteiger partial charge in [-0.3, -0.25) is 9.59 Å². The lowest BCUT2D eigenvalue weighted by molar-refractivity contribution is -0.145. The van der Waals surface area contributed by atoms with E-state index in [1.54, 1.807) is 7.11 Å². The second-order valence-corrected chi connectivity index (χ2v) is 10.0. The van der Waals surface area contributed by atoms with Crippen LogP contribution in [-0.4, -0.2) is 58.6 Å². The predicted octanol–water partition coefficient (Wildman–Crippen LogP) is 4.64. The molecule has 0 aromatic carbocycles. The summed E-state index contributed by atoms with van der Waals surface area (Å²) in [6.07, 6.45) is 11.4. The van der Waals surface area contributed by atoms with E-state index in [0.29, 0.717) is 56.3 Å². The van der Waals surface area contributed by atoms with Gasteiger partial charge in [-0.1, -0.05) is 6.42 Å². The smallest absolute Gasteiger partial charge is 0.465 e. The third-order valence-corrected chi connectivity index (χ3v) is 7.27. The van der Waals surface area contributed by atoms with Crippen LogP contribution in [0.2, 0.25) is 0 Å². The van der Waals surface area contributed by atoms with E-state index < -0.39 is 6.16 Å². The quantitative estimate of drug-likeness (QED) is 0.284. The maximum absolute atomic E-state index is 12.2. The second kappa shape index (κ2) is 16.7. The Hall–Kier alpha value is -1.83. The highest BCUT2D eigenvalue weighted by Gasteiger charge is 2.24. The molecule has 2 fully saturated rings. The number of carbonyl (C=O) groups excluding carboxylic acids is 3. The summed E-state index contributed by atoms with van der Waals surface area (Å²) < 4.78 is 20.2. The molecule has 8 nitrogen and oxygen atoms in total. The monoisotopic (exact) mass is 483 g/mol. The van der Waals surface area contributed by atoms with E-state index in [4.69, 9.17) is 14.2 Å². The number of amides is 1. The maximum Gasteiger partial charge on any atom is 0.507 e. The van der Waals surface area contributed by atoms with Gasteiger partial charge in [-0.15, -0.1) is 0 Å². The first-order valence-electron chi connectivity index (χ1n) is 13.1. The summed E-state index contributed by atoms with van der Waals surface area (Å²) in [7, 11) is 3.06. The molecular formula is C26H45NO7. The highest BCUT2D eigenvalue weighted by molar-refractivity contribution is 5.76. The van der Waals surface area contributed by atoms with Gasteiger partial charge in [0.1, 0.15) is 0 Å². The molecule has 2 rings (SSSR count). The van der Waals surface area contributed by atoms with Crippen LogP contribution in [0, 0.1) is 23.7 Å². The van der Waals surface area contributed by atoms with E-state index in [9.17, 15) is 14.4 Å². The Bertz CT molecular complexity index is 596. The standard InChI is InChI=1S/C26H45NO7/c1-31-17-21-11-13-22(14-12-21)18-33-25(29)6-4-3-5-15-27-24(28)16-20-7-9-23(10-8-20)19-34-26(30)32-2/h20-23H,3-19H2,1-2H3,(H,27,28). The van der Waals surface area contributed by atoms with Crippen LogP contribution in [0.15, 0.2) is 0 Å². The third kappa shape index (κ3) is 12.0. The van der Waals surface area contributed by atoms with Gasteiger partial charge >= 0.3 is 12.1 Å². The zero-order chi connectivity index (χ0) is 24.6. The van der Waals surface area contributed by atoms with Crippen molar-refractivity contribution in [1.82, 2.24) is 5.32 Å². The minimum absolute atomic E-state index is 0.101. The molecule has 0 radical (unpaired) electrons. The lowest BCUT2D eigenvalue weighted by Gasteiger charge is -2.27. The first kappa shape index (κ1) is 28.4. The van der Waals surface area contributed by atoms with Gasteiger partial charge in [-0.2, -0.15) is 0 Å². The minimum atomic E-state index is -0.630.